The fourth-order valence-corrected chi connectivity index (χ4v) is 2.76. The molecule has 0 aliphatic rings. The normalized spacial score (nSPS) is 10.8. The smallest absolute Gasteiger partial charge is 0.301 e. The van der Waals surface area contributed by atoms with Crippen molar-refractivity contribution < 1.29 is 4.92 Å². The Balaban J connectivity index is 1.70. The number of nitro benzene ring substituents is 1. The highest BCUT2D eigenvalue weighted by Crippen LogP contribution is 2.32. The van der Waals surface area contributed by atoms with E-state index in [0.717, 1.165) is 5.56 Å². The summed E-state index contributed by atoms with van der Waals surface area (Å²) in [4.78, 5) is 23.6. The van der Waals surface area contributed by atoms with Gasteiger partial charge < -0.3 is 5.32 Å². The first kappa shape index (κ1) is 15.6. The molecule has 1 N–H and O–H groups in total. The molecule has 1 aromatic carbocycles. The number of nitrogens with one attached hydrogen (secondary N) is 1. The van der Waals surface area contributed by atoms with Crippen molar-refractivity contribution in [1.29, 1.82) is 0 Å². The number of fused-ring (bicyclic) bond motifs is 1. The number of anilines is 1. The van der Waals surface area contributed by atoms with Gasteiger partial charge in [0.1, 0.15) is 18.3 Å². The first-order valence-corrected chi connectivity index (χ1v) is 7.79. The summed E-state index contributed by atoms with van der Waals surface area (Å²) in [6, 6.07) is 10.5. The fraction of sp³-hybridized carbons (Fsp3) is 0.0588. The Morgan fingerprint density at radius 2 is 1.96 bits per heavy atom. The molecule has 0 radical (unpaired) electrons. The Bertz CT molecular complexity index is 1080. The molecular formula is C17H13N7O2. The molecule has 3 heterocycles. The van der Waals surface area contributed by atoms with E-state index >= 15 is 0 Å². The second-order valence-electron chi connectivity index (χ2n) is 5.47. The van der Waals surface area contributed by atoms with Crippen LogP contribution in [0.15, 0.2) is 61.4 Å². The molecule has 0 atom stereocenters. The Labute approximate surface area is 147 Å². The molecule has 4 rings (SSSR count). The molecule has 0 saturated heterocycles. The highest BCUT2D eigenvalue weighted by atomic mass is 16.6. The zero-order chi connectivity index (χ0) is 17.9. The van der Waals surface area contributed by atoms with Crippen LogP contribution in [0.3, 0.4) is 0 Å². The number of aromatic nitrogens is 5. The predicted molar refractivity (Wildman–Crippen MR) is 94.9 cm³/mol. The maximum absolute atomic E-state index is 11.6. The minimum atomic E-state index is -0.395. The third-order valence-electron chi connectivity index (χ3n) is 3.91. The van der Waals surface area contributed by atoms with E-state index in [1.165, 1.54) is 6.33 Å². The number of hydrogen-bond acceptors (Lipinski definition) is 7. The van der Waals surface area contributed by atoms with Gasteiger partial charge in [0.2, 0.25) is 0 Å². The third-order valence-corrected chi connectivity index (χ3v) is 3.91. The van der Waals surface area contributed by atoms with Crippen LogP contribution in [0.1, 0.15) is 5.56 Å². The molecule has 0 saturated carbocycles. The molecule has 0 amide bonds. The summed E-state index contributed by atoms with van der Waals surface area (Å²) >= 11 is 0. The van der Waals surface area contributed by atoms with E-state index < -0.39 is 4.92 Å². The lowest BCUT2D eigenvalue weighted by Gasteiger charge is -2.11. The third kappa shape index (κ3) is 2.81. The summed E-state index contributed by atoms with van der Waals surface area (Å²) in [5, 5.41) is 19.3. The van der Waals surface area contributed by atoms with Crippen molar-refractivity contribution in [3.05, 3.63) is 77.1 Å². The SMILES string of the molecule is O=[N+]([O-])c1c(NCc2cccnc2-n2cncn2)ccc2ncccc12. The molecule has 0 unspecified atom stereocenters. The number of benzene rings is 1. The maximum atomic E-state index is 11.6. The van der Waals surface area contributed by atoms with Crippen LogP contribution in [-0.2, 0) is 6.54 Å². The van der Waals surface area contributed by atoms with E-state index in [0.29, 0.717) is 29.0 Å². The topological polar surface area (TPSA) is 112 Å². The van der Waals surface area contributed by atoms with Crippen molar-refractivity contribution in [2.24, 2.45) is 0 Å². The molecule has 9 heteroatoms. The molecule has 0 aliphatic heterocycles. The summed E-state index contributed by atoms with van der Waals surface area (Å²) in [5.74, 6) is 0.614. The highest BCUT2D eigenvalue weighted by Gasteiger charge is 2.19. The van der Waals surface area contributed by atoms with Crippen molar-refractivity contribution in [2.75, 3.05) is 5.32 Å². The average Bonchev–Trinajstić information content (AvgIpc) is 3.20. The summed E-state index contributed by atoms with van der Waals surface area (Å²) in [6.07, 6.45) is 6.24. The van der Waals surface area contributed by atoms with Gasteiger partial charge in [-0.3, -0.25) is 15.1 Å². The lowest BCUT2D eigenvalue weighted by atomic mass is 10.1. The van der Waals surface area contributed by atoms with Gasteiger partial charge in [0.05, 0.1) is 15.8 Å². The van der Waals surface area contributed by atoms with E-state index in [1.54, 1.807) is 53.7 Å². The summed E-state index contributed by atoms with van der Waals surface area (Å²) < 4.78 is 1.55. The second-order valence-corrected chi connectivity index (χ2v) is 5.47. The standard InChI is InChI=1S/C17H13N7O2/c25-24(26)16-13-4-2-7-19-14(13)5-6-15(16)21-9-12-3-1-8-20-17(12)23-11-18-10-22-23/h1-8,10-11,21H,9H2. The van der Waals surface area contributed by atoms with Crippen molar-refractivity contribution in [1.82, 2.24) is 24.7 Å². The quantitative estimate of drug-likeness (QED) is 0.436. The van der Waals surface area contributed by atoms with Crippen LogP contribution in [0.5, 0.6) is 0 Å². The van der Waals surface area contributed by atoms with Gasteiger partial charge in [-0.05, 0) is 30.3 Å². The van der Waals surface area contributed by atoms with Crippen molar-refractivity contribution in [2.45, 2.75) is 6.54 Å². The molecule has 3 aromatic heterocycles. The van der Waals surface area contributed by atoms with Crippen molar-refractivity contribution in [3.8, 4) is 5.82 Å². The average molecular weight is 347 g/mol. The summed E-state index contributed by atoms with van der Waals surface area (Å²) in [7, 11) is 0. The number of rotatable bonds is 5. The number of nitro groups is 1. The fourth-order valence-electron chi connectivity index (χ4n) is 2.76. The number of hydrogen-bond donors (Lipinski definition) is 1. The zero-order valence-corrected chi connectivity index (χ0v) is 13.5. The van der Waals surface area contributed by atoms with Crippen LogP contribution in [0.4, 0.5) is 11.4 Å². The largest absolute Gasteiger partial charge is 0.375 e. The monoisotopic (exact) mass is 347 g/mol. The Hall–Kier alpha value is -3.88. The second kappa shape index (κ2) is 6.55. The van der Waals surface area contributed by atoms with Gasteiger partial charge >= 0.3 is 5.69 Å². The maximum Gasteiger partial charge on any atom is 0.301 e. The van der Waals surface area contributed by atoms with Gasteiger partial charge in [-0.1, -0.05) is 6.07 Å². The summed E-state index contributed by atoms with van der Waals surface area (Å²) in [5.41, 5.74) is 1.83. The van der Waals surface area contributed by atoms with E-state index in [9.17, 15) is 10.1 Å². The predicted octanol–water partition coefficient (Wildman–Crippen LogP) is 2.73. The van der Waals surface area contributed by atoms with Crippen LogP contribution < -0.4 is 5.32 Å². The van der Waals surface area contributed by atoms with E-state index in [-0.39, 0.29) is 5.69 Å². The zero-order valence-electron chi connectivity index (χ0n) is 13.5. The van der Waals surface area contributed by atoms with E-state index in [4.69, 9.17) is 0 Å². The molecule has 128 valence electrons. The summed E-state index contributed by atoms with van der Waals surface area (Å²) in [6.45, 7) is 0.343. The molecule has 0 fully saturated rings. The van der Waals surface area contributed by atoms with Gasteiger partial charge in [0.15, 0.2) is 5.82 Å². The Morgan fingerprint density at radius 3 is 2.77 bits per heavy atom. The Kier molecular flexibility index (Phi) is 3.94. The van der Waals surface area contributed by atoms with Crippen LogP contribution in [-0.4, -0.2) is 29.7 Å². The van der Waals surface area contributed by atoms with Crippen LogP contribution in [0.2, 0.25) is 0 Å². The van der Waals surface area contributed by atoms with Crippen LogP contribution >= 0.6 is 0 Å². The van der Waals surface area contributed by atoms with Gasteiger partial charge in [-0.25, -0.2) is 14.6 Å². The molecule has 0 spiro atoms. The van der Waals surface area contributed by atoms with Crippen molar-refractivity contribution in [3.63, 3.8) is 0 Å². The first-order valence-electron chi connectivity index (χ1n) is 7.79. The van der Waals surface area contributed by atoms with Crippen LogP contribution in [0.25, 0.3) is 16.7 Å². The molecule has 9 nitrogen and oxygen atoms in total. The molecule has 4 aromatic rings. The van der Waals surface area contributed by atoms with Gasteiger partial charge in [0.25, 0.3) is 0 Å². The molecule has 26 heavy (non-hydrogen) atoms. The lowest BCUT2D eigenvalue weighted by Crippen LogP contribution is -2.08. The van der Waals surface area contributed by atoms with Gasteiger partial charge in [0, 0.05) is 24.5 Å². The van der Waals surface area contributed by atoms with E-state index in [2.05, 4.69) is 25.4 Å². The molecular weight excluding hydrogens is 334 g/mol. The number of pyridine rings is 2. The number of nitrogens with zero attached hydrogens (tertiary/aromatic N) is 6. The minimum absolute atomic E-state index is 0.00166. The van der Waals surface area contributed by atoms with Crippen LogP contribution in [0, 0.1) is 10.1 Å². The van der Waals surface area contributed by atoms with E-state index in [1.807, 2.05) is 6.07 Å². The van der Waals surface area contributed by atoms with Gasteiger partial charge in [-0.2, -0.15) is 5.10 Å². The first-order chi connectivity index (χ1) is 12.7. The Morgan fingerprint density at radius 1 is 1.12 bits per heavy atom. The van der Waals surface area contributed by atoms with Crippen molar-refractivity contribution >= 4 is 22.3 Å². The highest BCUT2D eigenvalue weighted by molar-refractivity contribution is 5.94. The van der Waals surface area contributed by atoms with Gasteiger partial charge in [-0.15, -0.1) is 0 Å². The lowest BCUT2D eigenvalue weighted by molar-refractivity contribution is -0.382. The molecule has 0 bridgehead atoms. The molecule has 0 aliphatic carbocycles. The minimum Gasteiger partial charge on any atom is -0.375 e.